The van der Waals surface area contributed by atoms with E-state index in [1.165, 1.54) is 31.3 Å². The summed E-state index contributed by atoms with van der Waals surface area (Å²) in [6.45, 7) is 0. The fourth-order valence-electron chi connectivity index (χ4n) is 2.75. The minimum Gasteiger partial charge on any atom is -0.367 e. The van der Waals surface area contributed by atoms with Gasteiger partial charge in [0.1, 0.15) is 18.0 Å². The Morgan fingerprint density at radius 3 is 2.46 bits per heavy atom. The fraction of sp³-hybridized carbons (Fsp3) is 0.375. The van der Waals surface area contributed by atoms with E-state index in [1.54, 1.807) is 6.07 Å². The predicted molar refractivity (Wildman–Crippen MR) is 87.6 cm³/mol. The summed E-state index contributed by atoms with van der Waals surface area (Å²) in [6.07, 6.45) is 1.45. The van der Waals surface area contributed by atoms with E-state index < -0.39 is 11.7 Å². The van der Waals surface area contributed by atoms with Gasteiger partial charge < -0.3 is 10.6 Å². The quantitative estimate of drug-likeness (QED) is 0.785. The van der Waals surface area contributed by atoms with Gasteiger partial charge in [-0.1, -0.05) is 24.4 Å². The van der Waals surface area contributed by atoms with Crippen LogP contribution >= 0.6 is 11.6 Å². The second-order valence-electron chi connectivity index (χ2n) is 5.73. The normalized spacial score (nSPS) is 15.5. The lowest BCUT2D eigenvalue weighted by Gasteiger charge is -2.14. The van der Waals surface area contributed by atoms with Crippen molar-refractivity contribution in [3.8, 4) is 0 Å². The van der Waals surface area contributed by atoms with Crippen LogP contribution in [0.2, 0.25) is 5.02 Å². The second-order valence-corrected chi connectivity index (χ2v) is 6.14. The molecule has 1 aromatic carbocycles. The van der Waals surface area contributed by atoms with Gasteiger partial charge in [0, 0.05) is 17.8 Å². The molecule has 0 amide bonds. The summed E-state index contributed by atoms with van der Waals surface area (Å²) >= 11 is 5.62. The molecule has 3 rings (SSSR count). The molecule has 0 unspecified atom stereocenters. The van der Waals surface area contributed by atoms with Crippen molar-refractivity contribution in [2.45, 2.75) is 37.9 Å². The molecule has 4 nitrogen and oxygen atoms in total. The molecule has 8 heteroatoms. The van der Waals surface area contributed by atoms with Gasteiger partial charge in [-0.25, -0.2) is 9.97 Å². The van der Waals surface area contributed by atoms with Crippen LogP contribution in [0.3, 0.4) is 0 Å². The highest BCUT2D eigenvalue weighted by atomic mass is 35.5. The molecule has 0 spiro atoms. The first-order valence-corrected chi connectivity index (χ1v) is 8.02. The molecule has 0 atom stereocenters. The summed E-state index contributed by atoms with van der Waals surface area (Å²) < 4.78 is 38.7. The van der Waals surface area contributed by atoms with E-state index in [0.29, 0.717) is 17.7 Å². The van der Waals surface area contributed by atoms with Gasteiger partial charge >= 0.3 is 6.18 Å². The number of nitrogens with zero attached hydrogens (tertiary/aromatic N) is 2. The van der Waals surface area contributed by atoms with Crippen LogP contribution in [0.25, 0.3) is 0 Å². The lowest BCUT2D eigenvalue weighted by molar-refractivity contribution is -0.137. The maximum atomic E-state index is 12.9. The SMILES string of the molecule is FC(F)(F)c1cc(Nc2cc(NC3CCCC3)ncn2)ccc1Cl. The third-order valence-electron chi connectivity index (χ3n) is 3.92. The van der Waals surface area contributed by atoms with Gasteiger partial charge in [0.15, 0.2) is 0 Å². The summed E-state index contributed by atoms with van der Waals surface area (Å²) in [4.78, 5) is 8.20. The van der Waals surface area contributed by atoms with Crippen molar-refractivity contribution < 1.29 is 13.2 Å². The first-order valence-electron chi connectivity index (χ1n) is 7.64. The van der Waals surface area contributed by atoms with Crippen LogP contribution in [0.4, 0.5) is 30.5 Å². The van der Waals surface area contributed by atoms with Crippen molar-refractivity contribution in [1.29, 1.82) is 0 Å². The van der Waals surface area contributed by atoms with Gasteiger partial charge in [0.05, 0.1) is 10.6 Å². The lowest BCUT2D eigenvalue weighted by Crippen LogP contribution is -2.15. The van der Waals surface area contributed by atoms with Gasteiger partial charge in [-0.05, 0) is 31.0 Å². The summed E-state index contributed by atoms with van der Waals surface area (Å²) in [5, 5.41) is 5.84. The summed E-state index contributed by atoms with van der Waals surface area (Å²) in [7, 11) is 0. The zero-order valence-corrected chi connectivity index (χ0v) is 13.5. The second kappa shape index (κ2) is 6.84. The molecule has 0 aliphatic heterocycles. The van der Waals surface area contributed by atoms with Crippen molar-refractivity contribution in [2.24, 2.45) is 0 Å². The molecule has 0 bridgehead atoms. The zero-order chi connectivity index (χ0) is 17.2. The van der Waals surface area contributed by atoms with Crippen molar-refractivity contribution in [1.82, 2.24) is 9.97 Å². The summed E-state index contributed by atoms with van der Waals surface area (Å²) in [5.74, 6) is 1.07. The van der Waals surface area contributed by atoms with Crippen LogP contribution in [0.1, 0.15) is 31.2 Å². The molecule has 2 N–H and O–H groups in total. The number of halogens is 4. The van der Waals surface area contributed by atoms with Gasteiger partial charge in [-0.15, -0.1) is 0 Å². The van der Waals surface area contributed by atoms with Gasteiger partial charge in [0.25, 0.3) is 0 Å². The Balaban J connectivity index is 1.76. The molecule has 0 saturated heterocycles. The van der Waals surface area contributed by atoms with E-state index in [-0.39, 0.29) is 10.7 Å². The molecular formula is C16H16ClF3N4. The smallest absolute Gasteiger partial charge is 0.367 e. The van der Waals surface area contributed by atoms with E-state index in [2.05, 4.69) is 20.6 Å². The Labute approximate surface area is 142 Å². The van der Waals surface area contributed by atoms with Gasteiger partial charge in [0.2, 0.25) is 0 Å². The molecule has 1 saturated carbocycles. The van der Waals surface area contributed by atoms with Crippen molar-refractivity contribution >= 4 is 28.9 Å². The monoisotopic (exact) mass is 356 g/mol. The van der Waals surface area contributed by atoms with Gasteiger partial charge in [-0.3, -0.25) is 0 Å². The number of aromatic nitrogens is 2. The maximum absolute atomic E-state index is 12.9. The number of hydrogen-bond acceptors (Lipinski definition) is 4. The standard InChI is InChI=1S/C16H16ClF3N4/c17-13-6-5-11(7-12(13)16(18,19)20)24-15-8-14(21-9-22-15)23-10-3-1-2-4-10/h5-10H,1-4H2,(H2,21,22,23,24). The number of benzene rings is 1. The van der Waals surface area contributed by atoms with E-state index in [0.717, 1.165) is 18.9 Å². The molecule has 1 aliphatic carbocycles. The topological polar surface area (TPSA) is 49.8 Å². The van der Waals surface area contributed by atoms with Crippen molar-refractivity contribution in [3.63, 3.8) is 0 Å². The molecule has 128 valence electrons. The molecule has 24 heavy (non-hydrogen) atoms. The third kappa shape index (κ3) is 4.08. The number of nitrogens with one attached hydrogen (secondary N) is 2. The van der Waals surface area contributed by atoms with E-state index >= 15 is 0 Å². The largest absolute Gasteiger partial charge is 0.417 e. The molecule has 1 heterocycles. The number of rotatable bonds is 4. The first-order chi connectivity index (χ1) is 11.4. The maximum Gasteiger partial charge on any atom is 0.417 e. The highest BCUT2D eigenvalue weighted by molar-refractivity contribution is 6.31. The number of anilines is 3. The Bertz CT molecular complexity index is 715. The highest BCUT2D eigenvalue weighted by Gasteiger charge is 2.33. The molecule has 1 fully saturated rings. The predicted octanol–water partition coefficient (Wildman–Crippen LogP) is 5.25. The lowest BCUT2D eigenvalue weighted by atomic mass is 10.2. The Morgan fingerprint density at radius 2 is 1.75 bits per heavy atom. The Morgan fingerprint density at radius 1 is 1.04 bits per heavy atom. The van der Waals surface area contributed by atoms with Crippen LogP contribution < -0.4 is 10.6 Å². The van der Waals surface area contributed by atoms with Crippen LogP contribution in [-0.4, -0.2) is 16.0 Å². The van der Waals surface area contributed by atoms with Crippen LogP contribution in [0.5, 0.6) is 0 Å². The molecule has 2 aromatic rings. The van der Waals surface area contributed by atoms with E-state index in [9.17, 15) is 13.2 Å². The minimum atomic E-state index is -4.50. The average molecular weight is 357 g/mol. The molecule has 1 aliphatic rings. The molecule has 0 radical (unpaired) electrons. The van der Waals surface area contributed by atoms with Crippen molar-refractivity contribution in [3.05, 3.63) is 41.2 Å². The van der Waals surface area contributed by atoms with Crippen molar-refractivity contribution in [2.75, 3.05) is 10.6 Å². The zero-order valence-electron chi connectivity index (χ0n) is 12.7. The van der Waals surface area contributed by atoms with Crippen LogP contribution in [0.15, 0.2) is 30.6 Å². The number of hydrogen-bond donors (Lipinski definition) is 2. The van der Waals surface area contributed by atoms with E-state index in [1.807, 2.05) is 0 Å². The van der Waals surface area contributed by atoms with Gasteiger partial charge in [-0.2, -0.15) is 13.2 Å². The summed E-state index contributed by atoms with van der Waals surface area (Å²) in [5.41, 5.74) is -0.621. The van der Waals surface area contributed by atoms with Crippen LogP contribution in [-0.2, 0) is 6.18 Å². The average Bonchev–Trinajstić information content (AvgIpc) is 3.01. The Hall–Kier alpha value is -2.02. The molecule has 1 aromatic heterocycles. The molecular weight excluding hydrogens is 341 g/mol. The van der Waals surface area contributed by atoms with E-state index in [4.69, 9.17) is 11.6 Å². The fourth-order valence-corrected chi connectivity index (χ4v) is 2.98. The third-order valence-corrected chi connectivity index (χ3v) is 4.25. The first kappa shape index (κ1) is 16.8. The summed E-state index contributed by atoms with van der Waals surface area (Å²) in [6, 6.07) is 5.73. The van der Waals surface area contributed by atoms with Crippen LogP contribution in [0, 0.1) is 0 Å². The minimum absolute atomic E-state index is 0.261. The number of alkyl halides is 3. The highest BCUT2D eigenvalue weighted by Crippen LogP contribution is 2.36. The Kier molecular flexibility index (Phi) is 4.80.